The van der Waals surface area contributed by atoms with Crippen molar-refractivity contribution in [3.63, 3.8) is 0 Å². The van der Waals surface area contributed by atoms with Gasteiger partial charge in [-0.2, -0.15) is 11.8 Å². The van der Waals surface area contributed by atoms with Crippen LogP contribution >= 0.6 is 11.8 Å². The molecule has 0 amide bonds. The third-order valence-corrected chi connectivity index (χ3v) is 6.80. The van der Waals surface area contributed by atoms with Gasteiger partial charge in [0.2, 0.25) is 0 Å². The molecule has 2 aliphatic rings. The third-order valence-electron chi connectivity index (χ3n) is 5.85. The molecule has 2 saturated heterocycles. The lowest BCUT2D eigenvalue weighted by Crippen LogP contribution is -2.27. The summed E-state index contributed by atoms with van der Waals surface area (Å²) in [4.78, 5) is 10.6. The smallest absolute Gasteiger partial charge is 0.303 e. The van der Waals surface area contributed by atoms with E-state index in [1.165, 1.54) is 30.6 Å². The zero-order valence-corrected chi connectivity index (χ0v) is 17.4. The Morgan fingerprint density at radius 1 is 1.11 bits per heavy atom. The second-order valence-corrected chi connectivity index (χ2v) is 8.94. The Hall–Kier alpha value is -1.52. The number of thioether (sulfide) groups is 1. The lowest BCUT2D eigenvalue weighted by atomic mass is 9.76. The summed E-state index contributed by atoms with van der Waals surface area (Å²) in [5.41, 5.74) is 1.26. The van der Waals surface area contributed by atoms with Crippen LogP contribution in [0.1, 0.15) is 50.5 Å². The molecule has 1 aromatic carbocycles. The molecule has 0 aliphatic carbocycles. The molecule has 152 valence electrons. The highest BCUT2D eigenvalue weighted by atomic mass is 32.2. The normalized spacial score (nSPS) is 26.6. The van der Waals surface area contributed by atoms with E-state index in [4.69, 9.17) is 9.84 Å². The van der Waals surface area contributed by atoms with Crippen molar-refractivity contribution in [1.29, 1.82) is 0 Å². The number of carbonyl (C=O) groups is 1. The minimum Gasteiger partial charge on any atom is -0.481 e. The van der Waals surface area contributed by atoms with Crippen molar-refractivity contribution in [3.05, 3.63) is 54.1 Å². The second-order valence-electron chi connectivity index (χ2n) is 7.79. The lowest BCUT2D eigenvalue weighted by molar-refractivity contribution is -0.137. The molecule has 3 nitrogen and oxygen atoms in total. The summed E-state index contributed by atoms with van der Waals surface area (Å²) >= 11 is 2.01. The number of rotatable bonds is 12. The van der Waals surface area contributed by atoms with Crippen LogP contribution in [0.2, 0.25) is 0 Å². The van der Waals surface area contributed by atoms with Gasteiger partial charge in [-0.05, 0) is 61.7 Å². The molecule has 2 aliphatic heterocycles. The summed E-state index contributed by atoms with van der Waals surface area (Å²) in [6.07, 6.45) is 16.4. The van der Waals surface area contributed by atoms with Gasteiger partial charge in [0.25, 0.3) is 0 Å². The van der Waals surface area contributed by atoms with Crippen molar-refractivity contribution in [1.82, 2.24) is 0 Å². The number of hydrogen-bond acceptors (Lipinski definition) is 3. The van der Waals surface area contributed by atoms with Crippen LogP contribution < -0.4 is 0 Å². The minimum atomic E-state index is -0.703. The Morgan fingerprint density at radius 2 is 1.89 bits per heavy atom. The van der Waals surface area contributed by atoms with Crippen LogP contribution in [0.3, 0.4) is 0 Å². The quantitative estimate of drug-likeness (QED) is 0.355. The van der Waals surface area contributed by atoms with Gasteiger partial charge in [-0.1, -0.05) is 54.6 Å². The van der Waals surface area contributed by atoms with Gasteiger partial charge >= 0.3 is 5.97 Å². The lowest BCUT2D eigenvalue weighted by Gasteiger charge is -2.27. The molecule has 0 aromatic heterocycles. The number of ether oxygens (including phenoxy) is 1. The van der Waals surface area contributed by atoms with E-state index < -0.39 is 5.97 Å². The number of fused-ring (bicyclic) bond motifs is 2. The van der Waals surface area contributed by atoms with E-state index in [2.05, 4.69) is 48.6 Å². The van der Waals surface area contributed by atoms with E-state index in [1.54, 1.807) is 0 Å². The first-order valence-electron chi connectivity index (χ1n) is 10.6. The highest BCUT2D eigenvalue weighted by molar-refractivity contribution is 7.99. The molecule has 1 N–H and O–H groups in total. The third kappa shape index (κ3) is 6.52. The van der Waals surface area contributed by atoms with Crippen LogP contribution in [-0.2, 0) is 9.53 Å². The van der Waals surface area contributed by atoms with Crippen molar-refractivity contribution in [2.75, 3.05) is 11.5 Å². The molecule has 1 aromatic rings. The number of hydrogen-bond donors (Lipinski definition) is 1. The average Bonchev–Trinajstić information content (AvgIpc) is 3.30. The van der Waals surface area contributed by atoms with E-state index in [9.17, 15) is 4.79 Å². The molecule has 0 radical (unpaired) electrons. The Bertz CT molecular complexity index is 655. The number of unbranched alkanes of at least 4 members (excludes halogenated alkanes) is 1. The van der Waals surface area contributed by atoms with Crippen molar-refractivity contribution < 1.29 is 14.6 Å². The summed E-state index contributed by atoms with van der Waals surface area (Å²) in [5, 5.41) is 8.70. The Labute approximate surface area is 173 Å². The number of aliphatic carboxylic acids is 1. The molecule has 4 heteroatoms. The van der Waals surface area contributed by atoms with E-state index >= 15 is 0 Å². The number of carboxylic acids is 1. The van der Waals surface area contributed by atoms with Gasteiger partial charge in [0.05, 0.1) is 12.2 Å². The molecule has 2 bridgehead atoms. The number of carboxylic acid groups (broad SMARTS) is 1. The zero-order chi connectivity index (χ0) is 19.6. The van der Waals surface area contributed by atoms with Gasteiger partial charge in [-0.25, -0.2) is 0 Å². The van der Waals surface area contributed by atoms with E-state index in [1.807, 2.05) is 17.8 Å². The van der Waals surface area contributed by atoms with Gasteiger partial charge in [-0.3, -0.25) is 4.79 Å². The summed E-state index contributed by atoms with van der Waals surface area (Å²) in [6, 6.07) is 10.5. The predicted molar refractivity (Wildman–Crippen MR) is 118 cm³/mol. The van der Waals surface area contributed by atoms with Gasteiger partial charge in [0.1, 0.15) is 0 Å². The van der Waals surface area contributed by atoms with Crippen LogP contribution in [0, 0.1) is 11.8 Å². The first-order valence-corrected chi connectivity index (χ1v) is 11.7. The summed E-state index contributed by atoms with van der Waals surface area (Å²) in [6.45, 7) is 0. The van der Waals surface area contributed by atoms with Crippen molar-refractivity contribution in [2.45, 2.75) is 57.2 Å². The molecule has 4 atom stereocenters. The first-order chi connectivity index (χ1) is 13.7. The van der Waals surface area contributed by atoms with Crippen LogP contribution in [0.25, 0.3) is 6.08 Å². The Balaban J connectivity index is 1.35. The molecule has 0 unspecified atom stereocenters. The van der Waals surface area contributed by atoms with E-state index in [0.717, 1.165) is 25.0 Å². The van der Waals surface area contributed by atoms with Crippen molar-refractivity contribution in [2.24, 2.45) is 11.8 Å². The SMILES string of the molecule is O=C(O)CCCC=CC[C@@H]1[C@H](CCSCC=Cc2ccccc2)[C@@H]2CC[C@H]1O2. The molecule has 0 saturated carbocycles. The summed E-state index contributed by atoms with van der Waals surface area (Å²) in [7, 11) is 0. The fraction of sp³-hybridized carbons (Fsp3) is 0.542. The number of allylic oxidation sites excluding steroid dienone is 2. The minimum absolute atomic E-state index is 0.264. The molecular formula is C24H32O3S. The van der Waals surface area contributed by atoms with Gasteiger partial charge < -0.3 is 9.84 Å². The van der Waals surface area contributed by atoms with E-state index in [0.29, 0.717) is 24.0 Å². The topological polar surface area (TPSA) is 46.5 Å². The van der Waals surface area contributed by atoms with Gasteiger partial charge in [0, 0.05) is 12.2 Å². The average molecular weight is 401 g/mol. The molecule has 28 heavy (non-hydrogen) atoms. The first kappa shape index (κ1) is 21.2. The molecule has 3 rings (SSSR count). The fourth-order valence-corrected chi connectivity index (χ4v) is 5.30. The van der Waals surface area contributed by atoms with Gasteiger partial charge in [0.15, 0.2) is 0 Å². The second kappa shape index (κ2) is 11.5. The molecule has 2 heterocycles. The molecular weight excluding hydrogens is 368 g/mol. The number of benzene rings is 1. The van der Waals surface area contributed by atoms with Crippen LogP contribution in [0.5, 0.6) is 0 Å². The molecule has 0 spiro atoms. The maximum Gasteiger partial charge on any atom is 0.303 e. The maximum atomic E-state index is 10.6. The predicted octanol–water partition coefficient (Wildman–Crippen LogP) is 5.82. The van der Waals surface area contributed by atoms with E-state index in [-0.39, 0.29) is 6.42 Å². The van der Waals surface area contributed by atoms with Gasteiger partial charge in [-0.15, -0.1) is 0 Å². The summed E-state index contributed by atoms with van der Waals surface area (Å²) < 4.78 is 6.21. The Morgan fingerprint density at radius 3 is 2.68 bits per heavy atom. The Kier molecular flexibility index (Phi) is 8.69. The zero-order valence-electron chi connectivity index (χ0n) is 16.5. The highest BCUT2D eigenvalue weighted by Gasteiger charge is 2.47. The summed E-state index contributed by atoms with van der Waals surface area (Å²) in [5.74, 6) is 2.88. The van der Waals surface area contributed by atoms with Crippen LogP contribution in [-0.4, -0.2) is 34.8 Å². The fourth-order valence-electron chi connectivity index (χ4n) is 4.46. The highest BCUT2D eigenvalue weighted by Crippen LogP contribution is 2.47. The monoisotopic (exact) mass is 400 g/mol. The van der Waals surface area contributed by atoms with Crippen molar-refractivity contribution >= 4 is 23.8 Å². The van der Waals surface area contributed by atoms with Crippen LogP contribution in [0.4, 0.5) is 0 Å². The van der Waals surface area contributed by atoms with Crippen LogP contribution in [0.15, 0.2) is 48.6 Å². The molecule has 2 fully saturated rings. The van der Waals surface area contributed by atoms with Crippen molar-refractivity contribution in [3.8, 4) is 0 Å². The maximum absolute atomic E-state index is 10.6. The largest absolute Gasteiger partial charge is 0.481 e. The standard InChI is InChI=1S/C24H32O3S/c25-24(26)13-7-2-1-6-12-20-21(23-15-14-22(20)27-23)16-18-28-17-8-11-19-9-4-3-5-10-19/h1,3-6,8-11,20-23H,2,7,12-18H2,(H,25,26)/t20-,21+,22-,23+/m1/s1.